The van der Waals surface area contributed by atoms with Crippen LogP contribution in [-0.2, 0) is 0 Å². The Kier molecular flexibility index (Phi) is 7.63. The van der Waals surface area contributed by atoms with Gasteiger partial charge in [-0.1, -0.05) is 0 Å². The highest BCUT2D eigenvalue weighted by Crippen LogP contribution is 2.47. The van der Waals surface area contributed by atoms with Gasteiger partial charge in [-0.05, 0) is 112 Å². The first-order valence-electron chi connectivity index (χ1n) is 12.6. The van der Waals surface area contributed by atoms with Crippen molar-refractivity contribution in [1.29, 1.82) is 0 Å². The maximum absolute atomic E-state index is 6.50. The quantitative estimate of drug-likeness (QED) is 0.222. The molecule has 0 bridgehead atoms. The van der Waals surface area contributed by atoms with E-state index in [0.717, 1.165) is 55.8 Å². The van der Waals surface area contributed by atoms with Crippen LogP contribution in [0.2, 0.25) is 0 Å². The molecule has 36 heavy (non-hydrogen) atoms. The fourth-order valence-electron chi connectivity index (χ4n) is 4.45. The molecule has 5 rings (SSSR count). The Morgan fingerprint density at radius 1 is 0.833 bits per heavy atom. The second-order valence-electron chi connectivity index (χ2n) is 9.28. The minimum atomic E-state index is 0.138. The molecule has 6 heteroatoms. The Morgan fingerprint density at radius 2 is 1.50 bits per heavy atom. The molecule has 1 aromatic heterocycles. The van der Waals surface area contributed by atoms with Gasteiger partial charge in [0.1, 0.15) is 29.6 Å². The van der Waals surface area contributed by atoms with Crippen LogP contribution in [0.4, 0.5) is 0 Å². The van der Waals surface area contributed by atoms with Gasteiger partial charge in [-0.15, -0.1) is 11.3 Å². The molecule has 0 spiro atoms. The molecule has 0 N–H and O–H groups in total. The number of nitrogens with zero attached hydrogens (tertiary/aromatic N) is 1. The second kappa shape index (κ2) is 11.2. The fourth-order valence-corrected chi connectivity index (χ4v) is 5.61. The molecule has 0 atom stereocenters. The number of thiophene rings is 1. The molecule has 0 saturated carbocycles. The van der Waals surface area contributed by atoms with Crippen molar-refractivity contribution in [1.82, 2.24) is 4.90 Å². The third kappa shape index (κ3) is 5.77. The molecule has 1 aliphatic rings. The lowest BCUT2D eigenvalue weighted by Crippen LogP contribution is -2.25. The fraction of sp³-hybridized carbons (Fsp3) is 0.333. The number of methoxy groups -OCH3 is 1. The van der Waals surface area contributed by atoms with Crippen molar-refractivity contribution in [2.24, 2.45) is 0 Å². The monoisotopic (exact) mass is 503 g/mol. The molecule has 5 nitrogen and oxygen atoms in total. The van der Waals surface area contributed by atoms with Gasteiger partial charge >= 0.3 is 0 Å². The molecular weight excluding hydrogens is 470 g/mol. The summed E-state index contributed by atoms with van der Waals surface area (Å²) in [7, 11) is 1.69. The van der Waals surface area contributed by atoms with Gasteiger partial charge in [-0.25, -0.2) is 0 Å². The standard InChI is InChI=1S/C30H33NO4S/c1-21(2)34-24-8-6-22(7-9-24)30-29(27-15-14-26(32-3)20-28(27)36-30)35-25-12-10-23(11-13-25)33-19-18-31-16-4-5-17-31/h6-15,20-21H,4-5,16-19H2,1-3H3. The highest BCUT2D eigenvalue weighted by atomic mass is 32.1. The number of hydrogen-bond donors (Lipinski definition) is 0. The normalized spacial score (nSPS) is 13.9. The predicted octanol–water partition coefficient (Wildman–Crippen LogP) is 7.63. The van der Waals surface area contributed by atoms with Crippen molar-refractivity contribution in [2.75, 3.05) is 33.4 Å². The third-order valence-electron chi connectivity index (χ3n) is 6.26. The number of benzene rings is 3. The summed E-state index contributed by atoms with van der Waals surface area (Å²) in [6.07, 6.45) is 2.74. The van der Waals surface area contributed by atoms with Crippen LogP contribution in [0.25, 0.3) is 20.5 Å². The first-order valence-corrected chi connectivity index (χ1v) is 13.4. The molecule has 0 amide bonds. The van der Waals surface area contributed by atoms with Crippen LogP contribution < -0.4 is 18.9 Å². The highest BCUT2D eigenvalue weighted by molar-refractivity contribution is 7.22. The SMILES string of the molecule is COc1ccc2c(Oc3ccc(OCCN4CCCC4)cc3)c(-c3ccc(OC(C)C)cc3)sc2c1. The van der Waals surface area contributed by atoms with Crippen molar-refractivity contribution < 1.29 is 18.9 Å². The van der Waals surface area contributed by atoms with Gasteiger partial charge in [0.15, 0.2) is 5.75 Å². The average molecular weight is 504 g/mol. The Labute approximate surface area is 217 Å². The summed E-state index contributed by atoms with van der Waals surface area (Å²) >= 11 is 1.70. The minimum absolute atomic E-state index is 0.138. The topological polar surface area (TPSA) is 40.2 Å². The summed E-state index contributed by atoms with van der Waals surface area (Å²) in [6.45, 7) is 8.12. The van der Waals surface area contributed by atoms with E-state index in [1.54, 1.807) is 18.4 Å². The zero-order chi connectivity index (χ0) is 24.9. The van der Waals surface area contributed by atoms with E-state index < -0.39 is 0 Å². The van der Waals surface area contributed by atoms with Crippen LogP contribution in [0.15, 0.2) is 66.7 Å². The van der Waals surface area contributed by atoms with Crippen LogP contribution in [-0.4, -0.2) is 44.4 Å². The Morgan fingerprint density at radius 3 is 2.19 bits per heavy atom. The molecule has 0 radical (unpaired) electrons. The van der Waals surface area contributed by atoms with E-state index in [1.165, 1.54) is 25.9 Å². The number of rotatable bonds is 10. The largest absolute Gasteiger partial charge is 0.497 e. The summed E-state index contributed by atoms with van der Waals surface area (Å²) in [5.74, 6) is 4.18. The first kappa shape index (κ1) is 24.5. The number of ether oxygens (including phenoxy) is 4. The Balaban J connectivity index is 1.37. The van der Waals surface area contributed by atoms with Crippen molar-refractivity contribution in [3.8, 4) is 39.2 Å². The molecule has 1 saturated heterocycles. The summed E-state index contributed by atoms with van der Waals surface area (Å²) < 4.78 is 24.9. The van der Waals surface area contributed by atoms with Crippen LogP contribution >= 0.6 is 11.3 Å². The molecule has 1 aliphatic heterocycles. The van der Waals surface area contributed by atoms with E-state index in [0.29, 0.717) is 6.61 Å². The Hall–Kier alpha value is -3.22. The van der Waals surface area contributed by atoms with Crippen LogP contribution in [0.1, 0.15) is 26.7 Å². The first-order chi connectivity index (χ1) is 17.6. The third-order valence-corrected chi connectivity index (χ3v) is 7.44. The van der Waals surface area contributed by atoms with Crippen LogP contribution in [0, 0.1) is 0 Å². The van der Waals surface area contributed by atoms with E-state index in [2.05, 4.69) is 29.2 Å². The lowest BCUT2D eigenvalue weighted by molar-refractivity contribution is 0.237. The van der Waals surface area contributed by atoms with E-state index >= 15 is 0 Å². The molecule has 0 aliphatic carbocycles. The molecule has 1 fully saturated rings. The van der Waals surface area contributed by atoms with E-state index in [-0.39, 0.29) is 6.10 Å². The predicted molar refractivity (Wildman–Crippen MR) is 147 cm³/mol. The van der Waals surface area contributed by atoms with Crippen molar-refractivity contribution >= 4 is 21.4 Å². The summed E-state index contributed by atoms with van der Waals surface area (Å²) in [5.41, 5.74) is 1.09. The van der Waals surface area contributed by atoms with E-state index in [4.69, 9.17) is 18.9 Å². The maximum atomic E-state index is 6.50. The van der Waals surface area contributed by atoms with Gasteiger partial charge in [0.2, 0.25) is 0 Å². The van der Waals surface area contributed by atoms with Crippen LogP contribution in [0.5, 0.6) is 28.7 Å². The van der Waals surface area contributed by atoms with Gasteiger partial charge in [-0.3, -0.25) is 4.90 Å². The number of fused-ring (bicyclic) bond motifs is 1. The van der Waals surface area contributed by atoms with Gasteiger partial charge in [0.05, 0.1) is 18.1 Å². The molecule has 4 aromatic rings. The summed E-state index contributed by atoms with van der Waals surface area (Å²) in [6, 6.07) is 22.2. The molecule has 0 unspecified atom stereocenters. The number of likely N-dealkylation sites (tertiary alicyclic amines) is 1. The minimum Gasteiger partial charge on any atom is -0.497 e. The van der Waals surface area contributed by atoms with E-state index in [1.807, 2.05) is 56.3 Å². The van der Waals surface area contributed by atoms with Gasteiger partial charge < -0.3 is 18.9 Å². The maximum Gasteiger partial charge on any atom is 0.153 e. The average Bonchev–Trinajstić information content (AvgIpc) is 3.53. The molecule has 3 aromatic carbocycles. The molecular formula is C30H33NO4S. The summed E-state index contributed by atoms with van der Waals surface area (Å²) in [4.78, 5) is 3.53. The Bertz CT molecular complexity index is 1280. The zero-order valence-electron chi connectivity index (χ0n) is 21.2. The van der Waals surface area contributed by atoms with Gasteiger partial charge in [0, 0.05) is 16.6 Å². The van der Waals surface area contributed by atoms with Gasteiger partial charge in [-0.2, -0.15) is 0 Å². The van der Waals surface area contributed by atoms with Crippen LogP contribution in [0.3, 0.4) is 0 Å². The molecule has 188 valence electrons. The highest BCUT2D eigenvalue weighted by Gasteiger charge is 2.18. The smallest absolute Gasteiger partial charge is 0.153 e. The van der Waals surface area contributed by atoms with E-state index in [9.17, 15) is 0 Å². The lowest BCUT2D eigenvalue weighted by Gasteiger charge is -2.15. The number of hydrogen-bond acceptors (Lipinski definition) is 6. The van der Waals surface area contributed by atoms with Gasteiger partial charge in [0.25, 0.3) is 0 Å². The lowest BCUT2D eigenvalue weighted by atomic mass is 10.1. The van der Waals surface area contributed by atoms with Crippen molar-refractivity contribution in [3.05, 3.63) is 66.7 Å². The summed E-state index contributed by atoms with van der Waals surface area (Å²) in [5, 5.41) is 1.06. The van der Waals surface area contributed by atoms with Crippen molar-refractivity contribution in [2.45, 2.75) is 32.8 Å². The molecule has 2 heterocycles. The second-order valence-corrected chi connectivity index (χ2v) is 10.3. The van der Waals surface area contributed by atoms with Crippen molar-refractivity contribution in [3.63, 3.8) is 0 Å². The zero-order valence-corrected chi connectivity index (χ0v) is 22.0.